The molecule has 3 aromatic rings. The molecule has 1 atom stereocenters. The fourth-order valence-electron chi connectivity index (χ4n) is 4.51. The Balaban J connectivity index is 0.000000470. The van der Waals surface area contributed by atoms with Crippen LogP contribution in [0.5, 0.6) is 5.75 Å². The van der Waals surface area contributed by atoms with Crippen molar-refractivity contribution in [1.29, 1.82) is 0 Å². The number of amides is 1. The summed E-state index contributed by atoms with van der Waals surface area (Å²) in [6.07, 6.45) is 0.589. The van der Waals surface area contributed by atoms with E-state index in [-0.39, 0.29) is 23.2 Å². The largest absolute Gasteiger partial charge is 0.490 e. The Morgan fingerprint density at radius 3 is 2.62 bits per heavy atom. The van der Waals surface area contributed by atoms with Gasteiger partial charge in [-0.2, -0.15) is 13.2 Å². The quantitative estimate of drug-likeness (QED) is 0.366. The summed E-state index contributed by atoms with van der Waals surface area (Å²) in [5.41, 5.74) is 15.2. The van der Waals surface area contributed by atoms with Gasteiger partial charge in [-0.25, -0.2) is 14.8 Å². The van der Waals surface area contributed by atoms with E-state index in [2.05, 4.69) is 34.0 Å². The third-order valence-electron chi connectivity index (χ3n) is 6.24. The number of nitrogen functional groups attached to an aromatic ring is 1. The summed E-state index contributed by atoms with van der Waals surface area (Å²) in [7, 11) is 0. The number of halogens is 3. The van der Waals surface area contributed by atoms with Crippen LogP contribution in [0, 0.1) is 0 Å². The number of hydrogen-bond donors (Lipinski definition) is 4. The van der Waals surface area contributed by atoms with E-state index in [1.807, 2.05) is 12.1 Å². The number of piperidine rings is 1. The van der Waals surface area contributed by atoms with Crippen molar-refractivity contribution >= 4 is 29.1 Å². The molecule has 0 aliphatic carbocycles. The summed E-state index contributed by atoms with van der Waals surface area (Å²) in [6, 6.07) is 7.49. The molecule has 0 spiro atoms. The lowest BCUT2D eigenvalue weighted by Gasteiger charge is -2.34. The minimum atomic E-state index is -5.08. The molecule has 0 saturated carbocycles. The van der Waals surface area contributed by atoms with E-state index in [0.29, 0.717) is 23.0 Å². The first-order valence-electron chi connectivity index (χ1n) is 12.4. The summed E-state index contributed by atoms with van der Waals surface area (Å²) in [6.45, 7) is 5.72. The molecule has 1 amide bonds. The number of alkyl halides is 3. The Morgan fingerprint density at radius 2 is 1.98 bits per heavy atom. The van der Waals surface area contributed by atoms with E-state index in [9.17, 15) is 18.0 Å². The number of carbonyl (C=O) groups is 2. The van der Waals surface area contributed by atoms with Crippen LogP contribution in [-0.2, 0) is 11.2 Å². The van der Waals surface area contributed by atoms with Crippen LogP contribution < -0.4 is 26.4 Å². The van der Waals surface area contributed by atoms with Gasteiger partial charge in [-0.1, -0.05) is 0 Å². The lowest BCUT2D eigenvalue weighted by molar-refractivity contribution is -0.192. The summed E-state index contributed by atoms with van der Waals surface area (Å²) in [5.74, 6) is -1.60. The summed E-state index contributed by atoms with van der Waals surface area (Å²) < 4.78 is 43.4. The molecule has 1 aromatic carbocycles. The third kappa shape index (κ3) is 6.81. The van der Waals surface area contributed by atoms with Gasteiger partial charge in [-0.15, -0.1) is 0 Å². The zero-order valence-electron chi connectivity index (χ0n) is 21.8. The van der Waals surface area contributed by atoms with E-state index in [0.717, 1.165) is 49.4 Å². The minimum absolute atomic E-state index is 0.0961. The number of hydrogen-bond acceptors (Lipinski definition) is 9. The Kier molecular flexibility index (Phi) is 7.91. The summed E-state index contributed by atoms with van der Waals surface area (Å²) >= 11 is 0. The van der Waals surface area contributed by atoms with Crippen LogP contribution in [0.1, 0.15) is 42.7 Å². The Labute approximate surface area is 227 Å². The van der Waals surface area contributed by atoms with E-state index >= 15 is 0 Å². The average Bonchev–Trinajstić information content (AvgIpc) is 3.47. The molecule has 0 unspecified atom stereocenters. The van der Waals surface area contributed by atoms with E-state index in [4.69, 9.17) is 30.5 Å². The monoisotopic (exact) mass is 562 g/mol. The number of benzene rings is 1. The molecule has 4 heterocycles. The highest BCUT2D eigenvalue weighted by atomic mass is 19.4. The highest BCUT2D eigenvalue weighted by Gasteiger charge is 2.38. The molecular formula is C26H29F3N6O5. The number of carboxylic acid groups (broad SMARTS) is 1. The van der Waals surface area contributed by atoms with Gasteiger partial charge in [0.25, 0.3) is 5.91 Å². The first kappa shape index (κ1) is 28.7. The lowest BCUT2D eigenvalue weighted by atomic mass is 10.00. The van der Waals surface area contributed by atoms with Gasteiger partial charge in [-0.05, 0) is 44.9 Å². The number of oxazole rings is 1. The van der Waals surface area contributed by atoms with Gasteiger partial charge in [0.05, 0.1) is 11.4 Å². The second kappa shape index (κ2) is 11.0. The Bertz CT molecular complexity index is 1410. The molecule has 5 rings (SSSR count). The maximum absolute atomic E-state index is 13.1. The normalized spacial score (nSPS) is 17.8. The number of rotatable bonds is 4. The first-order valence-corrected chi connectivity index (χ1v) is 12.4. The highest BCUT2D eigenvalue weighted by Crippen LogP contribution is 2.42. The molecule has 0 bridgehead atoms. The number of carbonyl (C=O) groups excluding carboxylic acids is 1. The summed E-state index contributed by atoms with van der Waals surface area (Å²) in [4.78, 5) is 32.5. The van der Waals surface area contributed by atoms with Crippen LogP contribution in [0.4, 0.5) is 30.4 Å². The molecular weight excluding hydrogens is 533 g/mol. The number of aliphatic carboxylic acids is 1. The Morgan fingerprint density at radius 1 is 1.25 bits per heavy atom. The molecule has 11 nitrogen and oxygen atoms in total. The van der Waals surface area contributed by atoms with Crippen molar-refractivity contribution in [3.05, 3.63) is 48.0 Å². The molecule has 0 radical (unpaired) electrons. The van der Waals surface area contributed by atoms with Gasteiger partial charge in [-0.3, -0.25) is 4.79 Å². The first-order chi connectivity index (χ1) is 18.7. The topological polar surface area (TPSA) is 170 Å². The lowest BCUT2D eigenvalue weighted by Crippen LogP contribution is -2.43. The molecule has 1 saturated heterocycles. The number of pyridine rings is 1. The molecule has 14 heteroatoms. The number of nitrogens with one attached hydrogen (secondary N) is 1. The standard InChI is InChI=1S/C24H28N6O3.C2HF3O2/c1-24(2)11-15-8-17(19(10-20(15)33-24)30-7-3-4-16(25)12-30)28-22(31)18-13-32-23(29-18)14-5-6-27-21(26)9-14;3-2(4,5)1(6)7/h5-6,8-10,13,16H,3-4,7,11-12,25H2,1-2H3,(H2,26,27)(H,28,31);(H,6,7)/t16-;/m1./s1. The van der Waals surface area contributed by atoms with E-state index < -0.39 is 12.1 Å². The SMILES string of the molecule is CC1(C)Cc2cc(NC(=O)c3coc(-c4ccnc(N)c4)n3)c(N3CCC[C@@H](N)C3)cc2O1.O=C(O)C(F)(F)F. The fraction of sp³-hybridized carbons (Fsp3) is 0.385. The number of fused-ring (bicyclic) bond motifs is 1. The van der Waals surface area contributed by atoms with Crippen LogP contribution in [-0.4, -0.2) is 57.9 Å². The van der Waals surface area contributed by atoms with Crippen molar-refractivity contribution in [1.82, 2.24) is 9.97 Å². The number of ether oxygens (including phenoxy) is 1. The van der Waals surface area contributed by atoms with E-state index in [1.54, 1.807) is 18.3 Å². The van der Waals surface area contributed by atoms with Crippen molar-refractivity contribution in [3.63, 3.8) is 0 Å². The number of nitrogens with zero attached hydrogens (tertiary/aromatic N) is 3. The maximum Gasteiger partial charge on any atom is 0.490 e. The highest BCUT2D eigenvalue weighted by molar-refractivity contribution is 6.05. The van der Waals surface area contributed by atoms with Crippen molar-refractivity contribution < 1.29 is 37.0 Å². The predicted molar refractivity (Wildman–Crippen MR) is 140 cm³/mol. The predicted octanol–water partition coefficient (Wildman–Crippen LogP) is 3.85. The van der Waals surface area contributed by atoms with Crippen molar-refractivity contribution in [2.45, 2.75) is 50.9 Å². The van der Waals surface area contributed by atoms with Gasteiger partial charge >= 0.3 is 12.1 Å². The van der Waals surface area contributed by atoms with Crippen LogP contribution in [0.3, 0.4) is 0 Å². The van der Waals surface area contributed by atoms with Gasteiger partial charge in [0.15, 0.2) is 5.69 Å². The number of carboxylic acids is 1. The van der Waals surface area contributed by atoms with Gasteiger partial charge in [0, 0.05) is 48.9 Å². The zero-order valence-corrected chi connectivity index (χ0v) is 21.8. The third-order valence-corrected chi connectivity index (χ3v) is 6.24. The second-order valence-corrected chi connectivity index (χ2v) is 10.1. The van der Waals surface area contributed by atoms with E-state index in [1.165, 1.54) is 6.26 Å². The number of nitrogens with two attached hydrogens (primary N) is 2. The molecule has 2 aliphatic rings. The summed E-state index contributed by atoms with van der Waals surface area (Å²) in [5, 5.41) is 10.2. The second-order valence-electron chi connectivity index (χ2n) is 10.1. The van der Waals surface area contributed by atoms with Crippen LogP contribution in [0.25, 0.3) is 11.5 Å². The molecule has 1 fully saturated rings. The number of aromatic nitrogens is 2. The fourth-order valence-corrected chi connectivity index (χ4v) is 4.51. The maximum atomic E-state index is 13.1. The molecule has 2 aromatic heterocycles. The zero-order chi connectivity index (χ0) is 29.2. The molecule has 6 N–H and O–H groups in total. The van der Waals surface area contributed by atoms with Crippen molar-refractivity contribution in [2.75, 3.05) is 29.0 Å². The van der Waals surface area contributed by atoms with Gasteiger partial charge in [0.2, 0.25) is 5.89 Å². The van der Waals surface area contributed by atoms with Gasteiger partial charge in [0.1, 0.15) is 23.4 Å². The molecule has 214 valence electrons. The minimum Gasteiger partial charge on any atom is -0.487 e. The Hall–Kier alpha value is -4.33. The van der Waals surface area contributed by atoms with Crippen LogP contribution >= 0.6 is 0 Å². The van der Waals surface area contributed by atoms with Gasteiger partial charge < -0.3 is 35.9 Å². The van der Waals surface area contributed by atoms with Crippen LogP contribution in [0.2, 0.25) is 0 Å². The molecule has 2 aliphatic heterocycles. The van der Waals surface area contributed by atoms with Crippen molar-refractivity contribution in [3.8, 4) is 17.2 Å². The van der Waals surface area contributed by atoms with Crippen molar-refractivity contribution in [2.24, 2.45) is 5.73 Å². The van der Waals surface area contributed by atoms with Crippen LogP contribution in [0.15, 0.2) is 41.1 Å². The molecule has 40 heavy (non-hydrogen) atoms. The number of anilines is 3. The average molecular weight is 563 g/mol. The smallest absolute Gasteiger partial charge is 0.487 e.